The van der Waals surface area contributed by atoms with Crippen molar-refractivity contribution < 1.29 is 21.6 Å². The number of nitrogens with zero attached hydrogens (tertiary/aromatic N) is 1. The van der Waals surface area contributed by atoms with Gasteiger partial charge in [-0.25, -0.2) is 8.42 Å². The number of hydrogen-bond donors (Lipinski definition) is 1. The van der Waals surface area contributed by atoms with Gasteiger partial charge < -0.3 is 0 Å². The number of rotatable bonds is 3. The van der Waals surface area contributed by atoms with Crippen LogP contribution in [0.15, 0.2) is 24.6 Å². The second kappa shape index (κ2) is 4.13. The molecule has 0 spiro atoms. The van der Waals surface area contributed by atoms with E-state index >= 15 is 0 Å². The van der Waals surface area contributed by atoms with E-state index in [9.17, 15) is 21.6 Å². The molecular weight excluding hydrogens is 233 g/mol. The SMILES string of the molecule is O=S(=O)(CCC(F)(F)F)N1C=CC=CN1. The summed E-state index contributed by atoms with van der Waals surface area (Å²) in [5.74, 6) is -0.971. The molecule has 1 aliphatic heterocycles. The van der Waals surface area contributed by atoms with E-state index in [1.54, 1.807) is 0 Å². The number of allylic oxidation sites excluding steroid dienone is 2. The molecule has 0 radical (unpaired) electrons. The van der Waals surface area contributed by atoms with Crippen molar-refractivity contribution in [3.05, 3.63) is 24.6 Å². The number of hydrogen-bond acceptors (Lipinski definition) is 3. The van der Waals surface area contributed by atoms with Crippen molar-refractivity contribution in [2.24, 2.45) is 0 Å². The number of sulfonamides is 1. The van der Waals surface area contributed by atoms with Crippen LogP contribution >= 0.6 is 0 Å². The van der Waals surface area contributed by atoms with Gasteiger partial charge in [0.15, 0.2) is 0 Å². The Kier molecular flexibility index (Phi) is 3.28. The zero-order chi connectivity index (χ0) is 11.5. The molecule has 0 aromatic heterocycles. The fourth-order valence-corrected chi connectivity index (χ4v) is 2.02. The Labute approximate surface area is 85.1 Å². The average molecular weight is 242 g/mol. The third-order valence-corrected chi connectivity index (χ3v) is 3.12. The third kappa shape index (κ3) is 3.82. The normalized spacial score (nSPS) is 16.6. The van der Waals surface area contributed by atoms with Gasteiger partial charge in [-0.3, -0.25) is 5.43 Å². The maximum absolute atomic E-state index is 11.8. The summed E-state index contributed by atoms with van der Waals surface area (Å²) in [5.41, 5.74) is 2.31. The van der Waals surface area contributed by atoms with Gasteiger partial charge in [-0.1, -0.05) is 0 Å². The van der Waals surface area contributed by atoms with Crippen molar-refractivity contribution in [3.63, 3.8) is 0 Å². The topological polar surface area (TPSA) is 49.4 Å². The molecule has 0 aromatic carbocycles. The van der Waals surface area contributed by atoms with Gasteiger partial charge in [-0.05, 0) is 12.2 Å². The molecule has 0 atom stereocenters. The molecule has 1 aliphatic rings. The number of halogens is 3. The Morgan fingerprint density at radius 1 is 1.27 bits per heavy atom. The summed E-state index contributed by atoms with van der Waals surface area (Å²) in [5, 5.41) is 0. The number of alkyl halides is 3. The van der Waals surface area contributed by atoms with Gasteiger partial charge in [-0.2, -0.15) is 17.6 Å². The van der Waals surface area contributed by atoms with E-state index in [1.165, 1.54) is 18.4 Å². The fraction of sp³-hybridized carbons (Fsp3) is 0.429. The molecule has 0 aromatic rings. The first-order valence-corrected chi connectivity index (χ1v) is 5.60. The second-order valence-electron chi connectivity index (χ2n) is 2.81. The minimum absolute atomic E-state index is 0.652. The van der Waals surface area contributed by atoms with Crippen molar-refractivity contribution in [2.45, 2.75) is 12.6 Å². The van der Waals surface area contributed by atoms with Gasteiger partial charge in [-0.15, -0.1) is 0 Å². The largest absolute Gasteiger partial charge is 0.390 e. The van der Waals surface area contributed by atoms with Crippen LogP contribution in [0, 0.1) is 0 Å². The first-order chi connectivity index (χ1) is 6.81. The summed E-state index contributed by atoms with van der Waals surface area (Å²) in [6.07, 6.45) is -0.443. The summed E-state index contributed by atoms with van der Waals surface area (Å²) in [6.45, 7) is 0. The van der Waals surface area contributed by atoms with E-state index in [2.05, 4.69) is 5.43 Å². The molecule has 15 heavy (non-hydrogen) atoms. The van der Waals surface area contributed by atoms with Crippen LogP contribution in [0.4, 0.5) is 13.2 Å². The Morgan fingerprint density at radius 3 is 2.40 bits per heavy atom. The molecule has 4 nitrogen and oxygen atoms in total. The first-order valence-electron chi connectivity index (χ1n) is 4.00. The minimum Gasteiger partial charge on any atom is -0.292 e. The quantitative estimate of drug-likeness (QED) is 0.806. The summed E-state index contributed by atoms with van der Waals surface area (Å²) in [6, 6.07) is 0. The monoisotopic (exact) mass is 242 g/mol. The third-order valence-electron chi connectivity index (χ3n) is 1.57. The maximum atomic E-state index is 11.8. The minimum atomic E-state index is -4.47. The van der Waals surface area contributed by atoms with Crippen molar-refractivity contribution in [2.75, 3.05) is 5.75 Å². The zero-order valence-corrected chi connectivity index (χ0v) is 8.35. The molecule has 0 aliphatic carbocycles. The van der Waals surface area contributed by atoms with Gasteiger partial charge in [0.2, 0.25) is 0 Å². The highest BCUT2D eigenvalue weighted by Crippen LogP contribution is 2.21. The standard InChI is InChI=1S/C7H9F3N2O2S/c8-7(9,10)3-6-15(13,14)12-5-2-1-4-11-12/h1-2,4-5,11H,3,6H2. The Bertz CT molecular complexity index is 372. The second-order valence-corrected chi connectivity index (χ2v) is 4.77. The highest BCUT2D eigenvalue weighted by Gasteiger charge is 2.31. The molecule has 0 fully saturated rings. The fourth-order valence-electron chi connectivity index (χ4n) is 0.859. The van der Waals surface area contributed by atoms with Gasteiger partial charge >= 0.3 is 6.18 Å². The van der Waals surface area contributed by atoms with Crippen LogP contribution in [-0.2, 0) is 10.0 Å². The van der Waals surface area contributed by atoms with Crippen molar-refractivity contribution in [1.82, 2.24) is 9.84 Å². The highest BCUT2D eigenvalue weighted by atomic mass is 32.2. The molecule has 0 saturated heterocycles. The van der Waals surface area contributed by atoms with Crippen LogP contribution in [0.3, 0.4) is 0 Å². The molecule has 86 valence electrons. The first kappa shape index (κ1) is 11.9. The lowest BCUT2D eigenvalue weighted by Crippen LogP contribution is -2.38. The van der Waals surface area contributed by atoms with E-state index in [0.29, 0.717) is 4.41 Å². The van der Waals surface area contributed by atoms with Gasteiger partial charge in [0.25, 0.3) is 10.0 Å². The van der Waals surface area contributed by atoms with Crippen molar-refractivity contribution >= 4 is 10.0 Å². The predicted octanol–water partition coefficient (Wildman–Crippen LogP) is 1.12. The van der Waals surface area contributed by atoms with Crippen LogP contribution in [0.1, 0.15) is 6.42 Å². The summed E-state index contributed by atoms with van der Waals surface area (Å²) in [7, 11) is -3.95. The van der Waals surface area contributed by atoms with Gasteiger partial charge in [0.05, 0.1) is 12.2 Å². The van der Waals surface area contributed by atoms with Crippen molar-refractivity contribution in [1.29, 1.82) is 0 Å². The Balaban J connectivity index is 2.60. The van der Waals surface area contributed by atoms with Crippen LogP contribution in [0.25, 0.3) is 0 Å². The molecule has 0 saturated carbocycles. The van der Waals surface area contributed by atoms with E-state index in [0.717, 1.165) is 6.20 Å². The molecule has 1 rings (SSSR count). The average Bonchev–Trinajstić information content (AvgIpc) is 2.16. The van der Waals surface area contributed by atoms with Gasteiger partial charge in [0, 0.05) is 12.4 Å². The van der Waals surface area contributed by atoms with Crippen LogP contribution < -0.4 is 5.43 Å². The molecule has 0 amide bonds. The molecule has 1 N–H and O–H groups in total. The molecule has 0 unspecified atom stereocenters. The smallest absolute Gasteiger partial charge is 0.292 e. The van der Waals surface area contributed by atoms with E-state index in [1.807, 2.05) is 0 Å². The Hall–Kier alpha value is -1.18. The van der Waals surface area contributed by atoms with Crippen molar-refractivity contribution in [3.8, 4) is 0 Å². The number of hydrazine groups is 1. The molecule has 1 heterocycles. The lowest BCUT2D eigenvalue weighted by atomic mass is 10.5. The molecule has 0 bridgehead atoms. The van der Waals surface area contributed by atoms with Crippen LogP contribution in [0.5, 0.6) is 0 Å². The van der Waals surface area contributed by atoms with Gasteiger partial charge in [0.1, 0.15) is 0 Å². The summed E-state index contributed by atoms with van der Waals surface area (Å²) >= 11 is 0. The summed E-state index contributed by atoms with van der Waals surface area (Å²) < 4.78 is 58.7. The zero-order valence-electron chi connectivity index (χ0n) is 7.53. The molecular formula is C7H9F3N2O2S. The molecule has 8 heteroatoms. The summed E-state index contributed by atoms with van der Waals surface area (Å²) in [4.78, 5) is 0. The predicted molar refractivity (Wildman–Crippen MR) is 47.7 cm³/mol. The highest BCUT2D eigenvalue weighted by molar-refractivity contribution is 7.89. The Morgan fingerprint density at radius 2 is 1.93 bits per heavy atom. The van der Waals surface area contributed by atoms with E-state index < -0.39 is 28.4 Å². The van der Waals surface area contributed by atoms with E-state index in [4.69, 9.17) is 0 Å². The van der Waals surface area contributed by atoms with E-state index in [-0.39, 0.29) is 0 Å². The van der Waals surface area contributed by atoms with Crippen LogP contribution in [-0.4, -0.2) is 24.8 Å². The lowest BCUT2D eigenvalue weighted by Gasteiger charge is -2.21. The maximum Gasteiger partial charge on any atom is 0.390 e. The number of nitrogens with one attached hydrogen (secondary N) is 1. The lowest BCUT2D eigenvalue weighted by molar-refractivity contribution is -0.130. The van der Waals surface area contributed by atoms with Crippen LogP contribution in [0.2, 0.25) is 0 Å².